The van der Waals surface area contributed by atoms with Gasteiger partial charge in [0.2, 0.25) is 5.76 Å². The predicted octanol–water partition coefficient (Wildman–Crippen LogP) is 2.27. The molecule has 0 aliphatic carbocycles. The Labute approximate surface area is 118 Å². The number of carboxylic acids is 1. The zero-order valence-electron chi connectivity index (χ0n) is 10.1. The molecule has 1 aromatic carbocycles. The van der Waals surface area contributed by atoms with Crippen LogP contribution < -0.4 is 5.32 Å². The molecule has 20 heavy (non-hydrogen) atoms. The average Bonchev–Trinajstić information content (AvgIpc) is 2.88. The Kier molecular flexibility index (Phi) is 3.95. The van der Waals surface area contributed by atoms with Crippen LogP contribution in [0.2, 0.25) is 5.02 Å². The number of phenols is 1. The maximum absolute atomic E-state index is 11.9. The summed E-state index contributed by atoms with van der Waals surface area (Å²) in [6.45, 7) is 0.0120. The van der Waals surface area contributed by atoms with E-state index in [9.17, 15) is 14.7 Å². The molecule has 0 atom stereocenters. The molecule has 0 radical (unpaired) electrons. The van der Waals surface area contributed by atoms with Gasteiger partial charge in [-0.3, -0.25) is 4.79 Å². The second-order valence-corrected chi connectivity index (χ2v) is 4.33. The van der Waals surface area contributed by atoms with E-state index < -0.39 is 11.9 Å². The molecule has 0 bridgehead atoms. The van der Waals surface area contributed by atoms with Crippen LogP contribution in [0.15, 0.2) is 34.7 Å². The Morgan fingerprint density at radius 3 is 2.65 bits per heavy atom. The van der Waals surface area contributed by atoms with Gasteiger partial charge in [0.05, 0.1) is 17.1 Å². The van der Waals surface area contributed by atoms with Gasteiger partial charge in [-0.2, -0.15) is 0 Å². The molecule has 1 aromatic heterocycles. The van der Waals surface area contributed by atoms with Crippen molar-refractivity contribution in [2.24, 2.45) is 0 Å². The van der Waals surface area contributed by atoms with E-state index in [0.717, 1.165) is 0 Å². The highest BCUT2D eigenvalue weighted by atomic mass is 35.5. The number of halogens is 1. The average molecular weight is 296 g/mol. The molecular formula is C13H10ClNO5. The SMILES string of the molecule is O=C(O)c1ccc(CNC(=O)c2cc(O)ccc2Cl)o1. The van der Waals surface area contributed by atoms with Crippen LogP contribution >= 0.6 is 11.6 Å². The van der Waals surface area contributed by atoms with Crippen molar-refractivity contribution < 1.29 is 24.2 Å². The number of amides is 1. The molecule has 0 aliphatic heterocycles. The Bertz CT molecular complexity index is 665. The van der Waals surface area contributed by atoms with E-state index >= 15 is 0 Å². The third-order valence-electron chi connectivity index (χ3n) is 2.49. The summed E-state index contributed by atoms with van der Waals surface area (Å²) in [5.74, 6) is -1.67. The Balaban J connectivity index is 2.04. The number of hydrogen-bond donors (Lipinski definition) is 3. The minimum absolute atomic E-state index is 0.0120. The minimum atomic E-state index is -1.18. The van der Waals surface area contributed by atoms with Crippen LogP contribution in [-0.4, -0.2) is 22.1 Å². The maximum atomic E-state index is 11.9. The largest absolute Gasteiger partial charge is 0.508 e. The van der Waals surface area contributed by atoms with Gasteiger partial charge in [0.1, 0.15) is 11.5 Å². The van der Waals surface area contributed by atoms with Crippen LogP contribution in [0.3, 0.4) is 0 Å². The van der Waals surface area contributed by atoms with Crippen molar-refractivity contribution in [3.63, 3.8) is 0 Å². The molecule has 0 saturated carbocycles. The van der Waals surface area contributed by atoms with Crippen molar-refractivity contribution in [1.82, 2.24) is 5.32 Å². The molecule has 0 aliphatic rings. The highest BCUT2D eigenvalue weighted by Crippen LogP contribution is 2.21. The van der Waals surface area contributed by atoms with Gasteiger partial charge in [0.25, 0.3) is 5.91 Å². The summed E-state index contributed by atoms with van der Waals surface area (Å²) in [5, 5.41) is 20.7. The molecular weight excluding hydrogens is 286 g/mol. The van der Waals surface area contributed by atoms with E-state index in [4.69, 9.17) is 21.1 Å². The topological polar surface area (TPSA) is 99.8 Å². The van der Waals surface area contributed by atoms with Crippen molar-refractivity contribution >= 4 is 23.5 Å². The zero-order valence-corrected chi connectivity index (χ0v) is 10.8. The lowest BCUT2D eigenvalue weighted by Gasteiger charge is -2.05. The number of carbonyl (C=O) groups is 2. The van der Waals surface area contributed by atoms with Gasteiger partial charge in [-0.15, -0.1) is 0 Å². The van der Waals surface area contributed by atoms with E-state index in [-0.39, 0.29) is 28.6 Å². The Morgan fingerprint density at radius 1 is 1.25 bits per heavy atom. The molecule has 1 amide bonds. The summed E-state index contributed by atoms with van der Waals surface area (Å²) in [6.07, 6.45) is 0. The first-order valence-corrected chi connectivity index (χ1v) is 5.94. The molecule has 0 fully saturated rings. The van der Waals surface area contributed by atoms with Gasteiger partial charge in [0.15, 0.2) is 0 Å². The lowest BCUT2D eigenvalue weighted by atomic mass is 10.2. The van der Waals surface area contributed by atoms with Gasteiger partial charge < -0.3 is 19.9 Å². The van der Waals surface area contributed by atoms with Crippen LogP contribution in [-0.2, 0) is 6.54 Å². The summed E-state index contributed by atoms with van der Waals surface area (Å²) in [7, 11) is 0. The quantitative estimate of drug-likeness (QED) is 0.803. The number of rotatable bonds is 4. The third-order valence-corrected chi connectivity index (χ3v) is 2.82. The second kappa shape index (κ2) is 5.66. The molecule has 3 N–H and O–H groups in total. The van der Waals surface area contributed by atoms with E-state index in [1.807, 2.05) is 0 Å². The first kappa shape index (κ1) is 14.0. The normalized spacial score (nSPS) is 10.2. The number of aromatic hydroxyl groups is 1. The Morgan fingerprint density at radius 2 is 2.00 bits per heavy atom. The lowest BCUT2D eigenvalue weighted by molar-refractivity contribution is 0.0660. The van der Waals surface area contributed by atoms with Crippen LogP contribution in [0.25, 0.3) is 0 Å². The van der Waals surface area contributed by atoms with Gasteiger partial charge in [-0.1, -0.05) is 11.6 Å². The molecule has 7 heteroatoms. The zero-order chi connectivity index (χ0) is 14.7. The van der Waals surface area contributed by atoms with Crippen molar-refractivity contribution in [3.05, 3.63) is 52.4 Å². The fraction of sp³-hybridized carbons (Fsp3) is 0.0769. The first-order chi connectivity index (χ1) is 9.47. The van der Waals surface area contributed by atoms with Crippen molar-refractivity contribution in [1.29, 1.82) is 0 Å². The summed E-state index contributed by atoms with van der Waals surface area (Å²) in [4.78, 5) is 22.5. The van der Waals surface area contributed by atoms with E-state index in [1.54, 1.807) is 0 Å². The summed E-state index contributed by atoms with van der Waals surface area (Å²) >= 11 is 5.85. The molecule has 2 aromatic rings. The van der Waals surface area contributed by atoms with Crippen molar-refractivity contribution in [2.75, 3.05) is 0 Å². The number of carbonyl (C=O) groups excluding carboxylic acids is 1. The molecule has 0 spiro atoms. The molecule has 0 saturated heterocycles. The van der Waals surface area contributed by atoms with Crippen LogP contribution in [0.5, 0.6) is 5.75 Å². The molecule has 1 heterocycles. The number of furan rings is 1. The maximum Gasteiger partial charge on any atom is 0.371 e. The summed E-state index contributed by atoms with van der Waals surface area (Å²) in [5.41, 5.74) is 0.122. The Hall–Kier alpha value is -2.47. The van der Waals surface area contributed by atoms with E-state index in [0.29, 0.717) is 5.76 Å². The molecule has 0 unspecified atom stereocenters. The van der Waals surface area contributed by atoms with Gasteiger partial charge in [-0.25, -0.2) is 4.79 Å². The van der Waals surface area contributed by atoms with Crippen LogP contribution in [0.4, 0.5) is 0 Å². The number of carboxylic acid groups (broad SMARTS) is 1. The van der Waals surface area contributed by atoms with Gasteiger partial charge in [0, 0.05) is 0 Å². The lowest BCUT2D eigenvalue weighted by Crippen LogP contribution is -2.22. The smallest absolute Gasteiger partial charge is 0.371 e. The monoisotopic (exact) mass is 295 g/mol. The highest BCUT2D eigenvalue weighted by molar-refractivity contribution is 6.33. The number of benzene rings is 1. The second-order valence-electron chi connectivity index (χ2n) is 3.92. The molecule has 2 rings (SSSR count). The van der Waals surface area contributed by atoms with Crippen molar-refractivity contribution in [2.45, 2.75) is 6.54 Å². The number of hydrogen-bond acceptors (Lipinski definition) is 4. The standard InChI is InChI=1S/C13H10ClNO5/c14-10-3-1-7(16)5-9(10)12(17)15-6-8-2-4-11(20-8)13(18)19/h1-5,16H,6H2,(H,15,17)(H,18,19). The first-order valence-electron chi connectivity index (χ1n) is 5.56. The minimum Gasteiger partial charge on any atom is -0.508 e. The van der Waals surface area contributed by atoms with E-state index in [1.165, 1.54) is 30.3 Å². The summed E-state index contributed by atoms with van der Waals surface area (Å²) in [6, 6.07) is 6.76. The number of nitrogens with one attached hydrogen (secondary N) is 1. The highest BCUT2D eigenvalue weighted by Gasteiger charge is 2.13. The van der Waals surface area contributed by atoms with E-state index in [2.05, 4.69) is 5.32 Å². The van der Waals surface area contributed by atoms with Gasteiger partial charge >= 0.3 is 5.97 Å². The molecule has 6 nitrogen and oxygen atoms in total. The fourth-order valence-electron chi connectivity index (χ4n) is 1.54. The van der Waals surface area contributed by atoms with Gasteiger partial charge in [-0.05, 0) is 30.3 Å². The number of aromatic carboxylic acids is 1. The molecule has 104 valence electrons. The summed E-state index contributed by atoms with van der Waals surface area (Å²) < 4.78 is 4.99. The number of phenolic OH excluding ortho intramolecular Hbond substituents is 1. The van der Waals surface area contributed by atoms with Crippen LogP contribution in [0.1, 0.15) is 26.7 Å². The van der Waals surface area contributed by atoms with Crippen LogP contribution in [0, 0.1) is 0 Å². The third kappa shape index (κ3) is 3.10. The van der Waals surface area contributed by atoms with Crippen molar-refractivity contribution in [3.8, 4) is 5.75 Å². The predicted molar refractivity (Wildman–Crippen MR) is 70.0 cm³/mol. The fourth-order valence-corrected chi connectivity index (χ4v) is 1.74.